The Hall–Kier alpha value is -2.90. The molecule has 1 heterocycles. The minimum absolute atomic E-state index is 0.0627. The second kappa shape index (κ2) is 6.91. The average molecular weight is 317 g/mol. The van der Waals surface area contributed by atoms with Crippen LogP contribution in [0.1, 0.15) is 18.4 Å². The smallest absolute Gasteiger partial charge is 0.267 e. The van der Waals surface area contributed by atoms with Crippen LogP contribution in [0.3, 0.4) is 0 Å². The van der Waals surface area contributed by atoms with E-state index in [1.54, 1.807) is 24.3 Å². The highest BCUT2D eigenvalue weighted by molar-refractivity contribution is 6.44. The first-order valence-electron chi connectivity index (χ1n) is 7.22. The lowest BCUT2D eigenvalue weighted by Crippen LogP contribution is -2.45. The Morgan fingerprint density at radius 1 is 1.26 bits per heavy atom. The number of hydrogen-bond acceptors (Lipinski definition) is 5. The maximum absolute atomic E-state index is 12.3. The zero-order chi connectivity index (χ0) is 17.0. The Labute approximate surface area is 133 Å². The van der Waals surface area contributed by atoms with Gasteiger partial charge in [0.1, 0.15) is 11.8 Å². The maximum atomic E-state index is 12.3. The molecule has 3 amide bonds. The largest absolute Gasteiger partial charge is 0.376 e. The molecule has 122 valence electrons. The molecule has 0 saturated carbocycles. The minimum Gasteiger partial charge on any atom is -0.376 e. The second-order valence-corrected chi connectivity index (χ2v) is 5.29. The number of benzene rings is 1. The van der Waals surface area contributed by atoms with E-state index in [1.165, 1.54) is 4.90 Å². The minimum atomic E-state index is -0.848. The summed E-state index contributed by atoms with van der Waals surface area (Å²) in [5.74, 6) is -1.61. The molecule has 0 aliphatic carbocycles. The highest BCUT2D eigenvalue weighted by Gasteiger charge is 2.32. The number of carbonyl (C=O) groups is 3. The number of likely N-dealkylation sites (tertiary alicyclic amines) is 1. The van der Waals surface area contributed by atoms with E-state index in [0.29, 0.717) is 24.2 Å². The fourth-order valence-corrected chi connectivity index (χ4v) is 2.62. The predicted octanol–water partition coefficient (Wildman–Crippen LogP) is -0.572. The number of nitrogens with two attached hydrogens (primary N) is 2. The predicted molar refractivity (Wildman–Crippen MR) is 84.9 cm³/mol. The molecule has 0 spiro atoms. The molecule has 1 aliphatic rings. The van der Waals surface area contributed by atoms with Crippen molar-refractivity contribution in [3.63, 3.8) is 0 Å². The Balaban J connectivity index is 2.07. The molecule has 1 aromatic carbocycles. The molecule has 1 fully saturated rings. The van der Waals surface area contributed by atoms with Crippen molar-refractivity contribution in [2.24, 2.45) is 11.5 Å². The van der Waals surface area contributed by atoms with Gasteiger partial charge in [-0.3, -0.25) is 19.8 Å². The monoisotopic (exact) mass is 317 g/mol. The lowest BCUT2D eigenvalue weighted by Gasteiger charge is -2.22. The van der Waals surface area contributed by atoms with Gasteiger partial charge in [-0.1, -0.05) is 18.2 Å². The van der Waals surface area contributed by atoms with Crippen molar-refractivity contribution in [1.82, 2.24) is 4.90 Å². The van der Waals surface area contributed by atoms with Crippen molar-refractivity contribution in [2.45, 2.75) is 18.9 Å². The van der Waals surface area contributed by atoms with E-state index < -0.39 is 17.9 Å². The normalized spacial score (nSPS) is 16.9. The third-order valence-corrected chi connectivity index (χ3v) is 3.77. The second-order valence-electron chi connectivity index (χ2n) is 5.29. The summed E-state index contributed by atoms with van der Waals surface area (Å²) in [6.45, 7) is 0.430. The molecule has 1 aromatic rings. The number of primary amides is 2. The molecule has 8 heteroatoms. The first kappa shape index (κ1) is 16.5. The standard InChI is InChI=1S/C15H19N5O3/c16-13(15(18)23)9-4-1-2-5-10(9)19-8-12(21)20-7-3-6-11(20)14(17)22/h1-2,4-5,11,16,19H,3,6-8H2,(H2,17,22)(H2,18,23)/t11-/m0/s1. The molecule has 0 aromatic heterocycles. The topological polar surface area (TPSA) is 142 Å². The number of para-hydroxylation sites is 1. The van der Waals surface area contributed by atoms with Crippen LogP contribution in [0.25, 0.3) is 0 Å². The van der Waals surface area contributed by atoms with Gasteiger partial charge in [-0.05, 0) is 18.9 Å². The van der Waals surface area contributed by atoms with Crippen molar-refractivity contribution in [2.75, 3.05) is 18.4 Å². The molecule has 0 bridgehead atoms. The van der Waals surface area contributed by atoms with Gasteiger partial charge in [0.15, 0.2) is 0 Å². The lowest BCUT2D eigenvalue weighted by atomic mass is 10.1. The first-order chi connectivity index (χ1) is 10.9. The van der Waals surface area contributed by atoms with Crippen molar-refractivity contribution in [3.05, 3.63) is 29.8 Å². The van der Waals surface area contributed by atoms with Crippen LogP contribution in [-0.4, -0.2) is 47.5 Å². The van der Waals surface area contributed by atoms with Gasteiger partial charge in [0.05, 0.1) is 6.54 Å². The molecule has 2 rings (SSSR count). The van der Waals surface area contributed by atoms with Crippen LogP contribution in [0.5, 0.6) is 0 Å². The fraction of sp³-hybridized carbons (Fsp3) is 0.333. The van der Waals surface area contributed by atoms with Gasteiger partial charge in [-0.25, -0.2) is 0 Å². The molecule has 8 nitrogen and oxygen atoms in total. The van der Waals surface area contributed by atoms with Crippen LogP contribution < -0.4 is 16.8 Å². The number of nitrogens with one attached hydrogen (secondary N) is 2. The summed E-state index contributed by atoms with van der Waals surface area (Å²) in [5.41, 5.74) is 10.9. The summed E-state index contributed by atoms with van der Waals surface area (Å²) in [6.07, 6.45) is 1.31. The third kappa shape index (κ3) is 3.65. The van der Waals surface area contributed by atoms with Gasteiger partial charge in [-0.15, -0.1) is 0 Å². The Morgan fingerprint density at radius 2 is 1.96 bits per heavy atom. The zero-order valence-corrected chi connectivity index (χ0v) is 12.5. The molecule has 23 heavy (non-hydrogen) atoms. The van der Waals surface area contributed by atoms with Gasteiger partial charge in [0.25, 0.3) is 5.91 Å². The van der Waals surface area contributed by atoms with E-state index in [1.807, 2.05) is 0 Å². The first-order valence-corrected chi connectivity index (χ1v) is 7.22. The highest BCUT2D eigenvalue weighted by Crippen LogP contribution is 2.18. The van der Waals surface area contributed by atoms with E-state index in [0.717, 1.165) is 6.42 Å². The summed E-state index contributed by atoms with van der Waals surface area (Å²) in [4.78, 5) is 36.2. The molecule has 0 unspecified atom stereocenters. The van der Waals surface area contributed by atoms with E-state index >= 15 is 0 Å². The Kier molecular flexibility index (Phi) is 4.95. The summed E-state index contributed by atoms with van der Waals surface area (Å²) in [6, 6.07) is 6.04. The number of carbonyl (C=O) groups excluding carboxylic acids is 3. The van der Waals surface area contributed by atoms with E-state index in [9.17, 15) is 14.4 Å². The molecule has 6 N–H and O–H groups in total. The average Bonchev–Trinajstić information content (AvgIpc) is 3.02. The van der Waals surface area contributed by atoms with Crippen LogP contribution in [0.2, 0.25) is 0 Å². The molecule has 1 aliphatic heterocycles. The third-order valence-electron chi connectivity index (χ3n) is 3.77. The Bertz CT molecular complexity index is 658. The zero-order valence-electron chi connectivity index (χ0n) is 12.5. The van der Waals surface area contributed by atoms with Gasteiger partial charge >= 0.3 is 0 Å². The van der Waals surface area contributed by atoms with E-state index in [4.69, 9.17) is 16.9 Å². The quantitative estimate of drug-likeness (QED) is 0.521. The van der Waals surface area contributed by atoms with E-state index in [-0.39, 0.29) is 18.2 Å². The van der Waals surface area contributed by atoms with Crippen LogP contribution in [0, 0.1) is 5.41 Å². The maximum Gasteiger partial charge on any atom is 0.267 e. The summed E-state index contributed by atoms with van der Waals surface area (Å²) >= 11 is 0. The Morgan fingerprint density at radius 3 is 2.61 bits per heavy atom. The summed E-state index contributed by atoms with van der Waals surface area (Å²) < 4.78 is 0. The van der Waals surface area contributed by atoms with Crippen molar-refractivity contribution in [3.8, 4) is 0 Å². The van der Waals surface area contributed by atoms with Crippen molar-refractivity contribution < 1.29 is 14.4 Å². The van der Waals surface area contributed by atoms with Gasteiger partial charge < -0.3 is 21.7 Å². The molecule has 0 radical (unpaired) electrons. The van der Waals surface area contributed by atoms with E-state index in [2.05, 4.69) is 5.32 Å². The molecular weight excluding hydrogens is 298 g/mol. The lowest BCUT2D eigenvalue weighted by molar-refractivity contribution is -0.135. The fourth-order valence-electron chi connectivity index (χ4n) is 2.62. The molecule has 1 atom stereocenters. The summed E-state index contributed by atoms with van der Waals surface area (Å²) in [5, 5.41) is 10.6. The number of nitrogens with zero attached hydrogens (tertiary/aromatic N) is 1. The van der Waals surface area contributed by atoms with Gasteiger partial charge in [0.2, 0.25) is 11.8 Å². The van der Waals surface area contributed by atoms with Crippen LogP contribution >= 0.6 is 0 Å². The number of hydrogen-bond donors (Lipinski definition) is 4. The highest BCUT2D eigenvalue weighted by atomic mass is 16.2. The van der Waals surface area contributed by atoms with Gasteiger partial charge in [0, 0.05) is 17.8 Å². The van der Waals surface area contributed by atoms with Crippen molar-refractivity contribution in [1.29, 1.82) is 5.41 Å². The van der Waals surface area contributed by atoms with Gasteiger partial charge in [-0.2, -0.15) is 0 Å². The number of amides is 3. The number of anilines is 1. The number of rotatable bonds is 6. The SMILES string of the molecule is N=C(C(N)=O)c1ccccc1NCC(=O)N1CCC[C@H]1C(N)=O. The van der Waals surface area contributed by atoms with Crippen LogP contribution in [0.15, 0.2) is 24.3 Å². The molecular formula is C15H19N5O3. The van der Waals surface area contributed by atoms with Crippen LogP contribution in [0.4, 0.5) is 5.69 Å². The molecule has 1 saturated heterocycles. The van der Waals surface area contributed by atoms with Crippen molar-refractivity contribution >= 4 is 29.1 Å². The van der Waals surface area contributed by atoms with Crippen LogP contribution in [-0.2, 0) is 14.4 Å². The summed E-state index contributed by atoms with van der Waals surface area (Å²) in [7, 11) is 0.